The van der Waals surface area contributed by atoms with E-state index in [2.05, 4.69) is 166 Å². The van der Waals surface area contributed by atoms with Crippen LogP contribution in [0, 0.1) is 28.1 Å². The van der Waals surface area contributed by atoms with Crippen LogP contribution in [0.4, 0.5) is 0 Å². The Labute approximate surface area is 583 Å². The fourth-order valence-electron chi connectivity index (χ4n) is 12.9. The van der Waals surface area contributed by atoms with E-state index in [4.69, 9.17) is 14.2 Å². The largest absolute Gasteiger partial charge is 0.379 e. The Morgan fingerprint density at radius 1 is 0.479 bits per heavy atom. The van der Waals surface area contributed by atoms with Crippen molar-refractivity contribution in [3.05, 3.63) is 165 Å². The van der Waals surface area contributed by atoms with Crippen LogP contribution in [0.25, 0.3) is 0 Å². The van der Waals surface area contributed by atoms with Gasteiger partial charge in [0.15, 0.2) is 5.78 Å². The van der Waals surface area contributed by atoms with Gasteiger partial charge in [0.1, 0.15) is 0 Å². The van der Waals surface area contributed by atoms with Crippen molar-refractivity contribution < 1.29 is 38.2 Å². The maximum atomic E-state index is 14.6. The van der Waals surface area contributed by atoms with Crippen LogP contribution in [-0.4, -0.2) is 94.7 Å². The summed E-state index contributed by atoms with van der Waals surface area (Å²) in [6, 6.07) is -0.870. The quantitative estimate of drug-likeness (QED) is 0.0266. The van der Waals surface area contributed by atoms with Gasteiger partial charge < -0.3 is 35.5 Å². The second-order valence-electron chi connectivity index (χ2n) is 29.5. The predicted molar refractivity (Wildman–Crippen MR) is 402 cm³/mol. The fraction of sp³-hybridized carbons (Fsp3) is 0.607. The molecule has 3 atom stereocenters. The van der Waals surface area contributed by atoms with Gasteiger partial charge in [-0.15, -0.1) is 0 Å². The number of Topliss-reactive ketones (excluding diaryl/α,β-unsaturated/α-hetero) is 1. The van der Waals surface area contributed by atoms with Crippen LogP contribution in [0.5, 0.6) is 0 Å². The van der Waals surface area contributed by atoms with E-state index < -0.39 is 17.9 Å². The Balaban J connectivity index is 1.73. The second kappa shape index (κ2) is 46.1. The summed E-state index contributed by atoms with van der Waals surface area (Å²) in [4.78, 5) is 68.7. The highest BCUT2D eigenvalue weighted by Crippen LogP contribution is 2.43. The molecule has 4 N–H and O–H groups in total. The lowest BCUT2D eigenvalue weighted by atomic mass is 9.72. The van der Waals surface area contributed by atoms with Crippen LogP contribution in [0.15, 0.2) is 165 Å². The van der Waals surface area contributed by atoms with Crippen molar-refractivity contribution in [2.45, 2.75) is 245 Å². The van der Waals surface area contributed by atoms with E-state index >= 15 is 0 Å². The molecule has 0 spiro atoms. The Morgan fingerprint density at radius 3 is 1.39 bits per heavy atom. The number of carbonyl (C=O) groups excluding carboxylic acids is 5. The molecule has 0 aromatic rings. The molecule has 0 aromatic carbocycles. The van der Waals surface area contributed by atoms with Gasteiger partial charge in [0.25, 0.3) is 0 Å². The minimum atomic E-state index is -0.870. The molecule has 12 heteroatoms. The number of ether oxygens (including phenoxy) is 3. The van der Waals surface area contributed by atoms with Crippen molar-refractivity contribution in [1.29, 1.82) is 0 Å². The molecule has 3 aliphatic carbocycles. The van der Waals surface area contributed by atoms with E-state index in [1.807, 2.05) is 57.2 Å². The first kappa shape index (κ1) is 84.0. The lowest BCUT2D eigenvalue weighted by Crippen LogP contribution is -2.42. The maximum absolute atomic E-state index is 14.6. The van der Waals surface area contributed by atoms with Crippen molar-refractivity contribution in [3.8, 4) is 0 Å². The SMILES string of the molecule is CCCCOCCOCCOCCCNC(=O)[C@@H](CCCCNC(=O)/C=C(C)/C=C/C=C(C)/C=C/C1=C(C)CCCC1(C)C)CC(=O)[C@@H](CCCCNC(=O)CC(C)/C=C/C=C(C)/C=C/C1=C(C)CCCC1(C)C)NC(=O)/C=C(C)/C=C/C=C(C)/C=C/C1=C(C)CCCC1(C)C. The van der Waals surface area contributed by atoms with Gasteiger partial charge in [0, 0.05) is 63.8 Å². The highest BCUT2D eigenvalue weighted by molar-refractivity contribution is 5.95. The van der Waals surface area contributed by atoms with Crippen LogP contribution in [0.1, 0.15) is 239 Å². The average molecular weight is 1320 g/mol. The van der Waals surface area contributed by atoms with Crippen molar-refractivity contribution in [1.82, 2.24) is 21.3 Å². The third-order valence-corrected chi connectivity index (χ3v) is 18.8. The highest BCUT2D eigenvalue weighted by Gasteiger charge is 2.30. The Morgan fingerprint density at radius 2 is 0.906 bits per heavy atom. The number of unbranched alkanes of at least 4 members (excludes halogenated alkanes) is 3. The Hall–Kier alpha value is -6.21. The van der Waals surface area contributed by atoms with E-state index in [0.29, 0.717) is 110 Å². The van der Waals surface area contributed by atoms with Crippen molar-refractivity contribution in [2.75, 3.05) is 59.3 Å². The number of carbonyl (C=O) groups is 5. The average Bonchev–Trinajstić information content (AvgIpc) is 0.875. The van der Waals surface area contributed by atoms with E-state index in [0.717, 1.165) is 61.0 Å². The molecule has 0 heterocycles. The normalized spacial score (nSPS) is 18.6. The van der Waals surface area contributed by atoms with Crippen LogP contribution in [0.3, 0.4) is 0 Å². The van der Waals surface area contributed by atoms with Crippen LogP contribution in [-0.2, 0) is 38.2 Å². The van der Waals surface area contributed by atoms with Crippen molar-refractivity contribution >= 4 is 29.4 Å². The summed E-state index contributed by atoms with van der Waals surface area (Å²) in [7, 11) is 0. The summed E-state index contributed by atoms with van der Waals surface area (Å²) in [6.07, 6.45) is 51.1. The number of amides is 4. The number of hydrogen-bond acceptors (Lipinski definition) is 8. The summed E-state index contributed by atoms with van der Waals surface area (Å²) in [5, 5.41) is 12.1. The first-order valence-electron chi connectivity index (χ1n) is 36.6. The molecule has 0 saturated carbocycles. The Bertz CT molecular complexity index is 2940. The summed E-state index contributed by atoms with van der Waals surface area (Å²) in [5.41, 5.74) is 14.0. The minimum Gasteiger partial charge on any atom is -0.379 e. The van der Waals surface area contributed by atoms with Crippen LogP contribution in [0.2, 0.25) is 0 Å². The highest BCUT2D eigenvalue weighted by atomic mass is 16.5. The number of hydrogen-bond donors (Lipinski definition) is 4. The fourth-order valence-corrected chi connectivity index (χ4v) is 12.9. The number of allylic oxidation sites excluding steroid dienone is 26. The summed E-state index contributed by atoms with van der Waals surface area (Å²) < 4.78 is 17.0. The first-order valence-corrected chi connectivity index (χ1v) is 36.6. The predicted octanol–water partition coefficient (Wildman–Crippen LogP) is 18.7. The van der Waals surface area contributed by atoms with Gasteiger partial charge >= 0.3 is 0 Å². The van der Waals surface area contributed by atoms with Crippen molar-refractivity contribution in [3.63, 3.8) is 0 Å². The van der Waals surface area contributed by atoms with E-state index in [9.17, 15) is 24.0 Å². The van der Waals surface area contributed by atoms with Gasteiger partial charge in [-0.1, -0.05) is 193 Å². The molecule has 0 aromatic heterocycles. The third kappa shape index (κ3) is 35.3. The van der Waals surface area contributed by atoms with Gasteiger partial charge in [0.2, 0.25) is 23.6 Å². The molecular weight excluding hydrogens is 1190 g/mol. The molecule has 12 nitrogen and oxygen atoms in total. The number of ketones is 1. The number of rotatable bonds is 44. The zero-order valence-corrected chi connectivity index (χ0v) is 62.8. The smallest absolute Gasteiger partial charge is 0.244 e. The zero-order valence-electron chi connectivity index (χ0n) is 62.8. The third-order valence-electron chi connectivity index (χ3n) is 18.8. The molecule has 0 saturated heterocycles. The molecule has 96 heavy (non-hydrogen) atoms. The summed E-state index contributed by atoms with van der Waals surface area (Å²) in [6.45, 7) is 39.1. The standard InChI is InChI=1S/C84H130N4O8/c1-17-18-53-94-55-57-96-58-56-95-54-29-52-87-81(93)72(39-19-21-50-85-78(90)59-66(5)33-23-30-63(2)41-44-73-69(8)36-26-47-82(73,11)12)62-77(89)76(88-80(92)61-68(7)35-25-32-65(4)43-46-75-71(10)38-28-49-84(75,15)16)40-20-22-51-86-79(91)60-67(6)34-24-31-64(3)42-45-74-70(9)37-27-48-83(74,13)14/h23-25,30-35,41-46,59,61,67,72,76H,17-22,26-29,36-40,47-58,60,62H2,1-16H3,(H,85,90)(H,86,91)(H,87,93)(H,88,92)/b33-23+,34-24+,35-25+,44-41+,45-42+,46-43+,63-30+,64-31+,65-32+,66-59+,68-61+/t67?,72-,76+/m0/s1. The molecule has 3 aliphatic rings. The molecule has 3 rings (SSSR count). The van der Waals surface area contributed by atoms with Gasteiger partial charge in [-0.05, 0) is 208 Å². The minimum absolute atomic E-state index is 0.0292. The molecule has 0 fully saturated rings. The van der Waals surface area contributed by atoms with Gasteiger partial charge in [0.05, 0.1) is 32.5 Å². The molecule has 0 radical (unpaired) electrons. The van der Waals surface area contributed by atoms with Gasteiger partial charge in [-0.2, -0.15) is 0 Å². The lowest BCUT2D eigenvalue weighted by molar-refractivity contribution is -0.131. The van der Waals surface area contributed by atoms with E-state index in [1.165, 1.54) is 78.0 Å². The number of nitrogens with one attached hydrogen (secondary N) is 4. The summed E-state index contributed by atoms with van der Waals surface area (Å²) in [5.74, 6) is -1.77. The van der Waals surface area contributed by atoms with Crippen LogP contribution < -0.4 is 21.3 Å². The monoisotopic (exact) mass is 1320 g/mol. The zero-order chi connectivity index (χ0) is 70.9. The molecule has 534 valence electrons. The van der Waals surface area contributed by atoms with Gasteiger partial charge in [-0.3, -0.25) is 24.0 Å². The van der Waals surface area contributed by atoms with E-state index in [1.54, 1.807) is 6.08 Å². The first-order chi connectivity index (χ1) is 45.6. The second-order valence-corrected chi connectivity index (χ2v) is 29.5. The van der Waals surface area contributed by atoms with E-state index in [-0.39, 0.29) is 52.1 Å². The lowest BCUT2D eigenvalue weighted by Gasteiger charge is -2.33. The topological polar surface area (TPSA) is 161 Å². The molecular formula is C84H130N4O8. The Kier molecular flexibility index (Phi) is 40.4. The molecule has 0 bridgehead atoms. The summed E-state index contributed by atoms with van der Waals surface area (Å²) >= 11 is 0. The molecule has 1 unspecified atom stereocenters. The molecule has 0 aliphatic heterocycles. The maximum Gasteiger partial charge on any atom is 0.244 e. The van der Waals surface area contributed by atoms with Gasteiger partial charge in [-0.25, -0.2) is 0 Å². The molecule has 4 amide bonds. The van der Waals surface area contributed by atoms with Crippen LogP contribution >= 0.6 is 0 Å². The van der Waals surface area contributed by atoms with Crippen molar-refractivity contribution in [2.24, 2.45) is 28.1 Å².